The third-order valence-corrected chi connectivity index (χ3v) is 2.35. The van der Waals surface area contributed by atoms with Crippen molar-refractivity contribution >= 4 is 0 Å². The fourth-order valence-corrected chi connectivity index (χ4v) is 1.31. The Labute approximate surface area is 86.1 Å². The molecule has 0 saturated carbocycles. The molecule has 0 aliphatic rings. The molecule has 0 spiro atoms. The zero-order chi connectivity index (χ0) is 10.6. The summed E-state index contributed by atoms with van der Waals surface area (Å²) in [4.78, 5) is 0. The van der Waals surface area contributed by atoms with Gasteiger partial charge in [0.2, 0.25) is 0 Å². The van der Waals surface area contributed by atoms with Gasteiger partial charge in [-0.3, -0.25) is 0 Å². The zero-order valence-corrected chi connectivity index (χ0v) is 9.21. The molecule has 0 saturated heterocycles. The number of hydrogen-bond donors (Lipinski definition) is 1. The molecule has 1 atom stereocenters. The van der Waals surface area contributed by atoms with E-state index >= 15 is 0 Å². The van der Waals surface area contributed by atoms with E-state index < -0.39 is 0 Å². The SMILES string of the molecule is Cc1ccc(COC(C)CN)c(C)c1. The third kappa shape index (κ3) is 3.13. The van der Waals surface area contributed by atoms with Crippen LogP contribution in [0.1, 0.15) is 23.6 Å². The third-order valence-electron chi connectivity index (χ3n) is 2.35. The molecule has 1 unspecified atom stereocenters. The number of nitrogens with two attached hydrogens (primary N) is 1. The Hall–Kier alpha value is -0.860. The summed E-state index contributed by atoms with van der Waals surface area (Å²) in [7, 11) is 0. The van der Waals surface area contributed by atoms with Crippen molar-refractivity contribution in [1.29, 1.82) is 0 Å². The van der Waals surface area contributed by atoms with E-state index in [0.717, 1.165) is 0 Å². The smallest absolute Gasteiger partial charge is 0.0723 e. The second kappa shape index (κ2) is 5.13. The number of rotatable bonds is 4. The van der Waals surface area contributed by atoms with Gasteiger partial charge in [0, 0.05) is 6.54 Å². The van der Waals surface area contributed by atoms with Crippen LogP contribution in [-0.2, 0) is 11.3 Å². The molecule has 14 heavy (non-hydrogen) atoms. The predicted molar refractivity (Wildman–Crippen MR) is 59.2 cm³/mol. The summed E-state index contributed by atoms with van der Waals surface area (Å²) < 4.78 is 5.57. The topological polar surface area (TPSA) is 35.2 Å². The van der Waals surface area contributed by atoms with Gasteiger partial charge in [-0.1, -0.05) is 23.8 Å². The van der Waals surface area contributed by atoms with Crippen molar-refractivity contribution in [3.63, 3.8) is 0 Å². The van der Waals surface area contributed by atoms with Gasteiger partial charge in [0.05, 0.1) is 12.7 Å². The average Bonchev–Trinajstić information content (AvgIpc) is 2.16. The van der Waals surface area contributed by atoms with E-state index in [9.17, 15) is 0 Å². The van der Waals surface area contributed by atoms with Crippen LogP contribution in [0.25, 0.3) is 0 Å². The summed E-state index contributed by atoms with van der Waals surface area (Å²) >= 11 is 0. The van der Waals surface area contributed by atoms with Gasteiger partial charge in [-0.2, -0.15) is 0 Å². The second-order valence-corrected chi connectivity index (χ2v) is 3.79. The summed E-state index contributed by atoms with van der Waals surface area (Å²) in [5, 5.41) is 0. The maximum absolute atomic E-state index is 5.57. The molecule has 0 radical (unpaired) electrons. The first-order valence-electron chi connectivity index (χ1n) is 5.01. The monoisotopic (exact) mass is 193 g/mol. The van der Waals surface area contributed by atoms with Crippen LogP contribution in [0.2, 0.25) is 0 Å². The van der Waals surface area contributed by atoms with Crippen molar-refractivity contribution in [3.05, 3.63) is 34.9 Å². The Bertz CT molecular complexity index is 296. The van der Waals surface area contributed by atoms with E-state index in [1.165, 1.54) is 16.7 Å². The molecule has 0 aromatic heterocycles. The molecule has 1 aromatic carbocycles. The maximum Gasteiger partial charge on any atom is 0.0723 e. The van der Waals surface area contributed by atoms with Crippen LogP contribution in [0.3, 0.4) is 0 Å². The summed E-state index contributed by atoms with van der Waals surface area (Å²) in [5.41, 5.74) is 9.30. The molecule has 0 aliphatic carbocycles. The van der Waals surface area contributed by atoms with E-state index in [2.05, 4.69) is 32.0 Å². The van der Waals surface area contributed by atoms with Gasteiger partial charge in [0.25, 0.3) is 0 Å². The molecule has 0 amide bonds. The average molecular weight is 193 g/mol. The molecular weight excluding hydrogens is 174 g/mol. The van der Waals surface area contributed by atoms with Crippen LogP contribution in [0.15, 0.2) is 18.2 Å². The first kappa shape index (κ1) is 11.2. The molecule has 0 fully saturated rings. The highest BCUT2D eigenvalue weighted by atomic mass is 16.5. The van der Waals surface area contributed by atoms with Crippen LogP contribution < -0.4 is 5.73 Å². The van der Waals surface area contributed by atoms with E-state index in [1.807, 2.05) is 6.92 Å². The van der Waals surface area contributed by atoms with E-state index in [1.54, 1.807) is 0 Å². The summed E-state index contributed by atoms with van der Waals surface area (Å²) in [5.74, 6) is 0. The molecule has 2 N–H and O–H groups in total. The number of ether oxygens (including phenoxy) is 1. The predicted octanol–water partition coefficient (Wildman–Crippen LogP) is 2.17. The fourth-order valence-electron chi connectivity index (χ4n) is 1.31. The fraction of sp³-hybridized carbons (Fsp3) is 0.500. The lowest BCUT2D eigenvalue weighted by atomic mass is 10.1. The minimum absolute atomic E-state index is 0.135. The lowest BCUT2D eigenvalue weighted by Gasteiger charge is -2.12. The molecule has 0 bridgehead atoms. The van der Waals surface area contributed by atoms with Crippen LogP contribution >= 0.6 is 0 Å². The van der Waals surface area contributed by atoms with E-state index in [-0.39, 0.29) is 6.10 Å². The van der Waals surface area contributed by atoms with Crippen LogP contribution in [0, 0.1) is 13.8 Å². The van der Waals surface area contributed by atoms with Gasteiger partial charge in [-0.15, -0.1) is 0 Å². The van der Waals surface area contributed by atoms with Crippen LogP contribution in [0.5, 0.6) is 0 Å². The summed E-state index contributed by atoms with van der Waals surface area (Å²) in [6, 6.07) is 6.40. The largest absolute Gasteiger partial charge is 0.373 e. The molecule has 78 valence electrons. The zero-order valence-electron chi connectivity index (χ0n) is 9.21. The van der Waals surface area contributed by atoms with Gasteiger partial charge in [0.15, 0.2) is 0 Å². The summed E-state index contributed by atoms with van der Waals surface area (Å²) in [6.07, 6.45) is 0.135. The van der Waals surface area contributed by atoms with Gasteiger partial charge in [0.1, 0.15) is 0 Å². The number of aryl methyl sites for hydroxylation is 2. The highest BCUT2D eigenvalue weighted by Gasteiger charge is 2.02. The van der Waals surface area contributed by atoms with Gasteiger partial charge in [-0.25, -0.2) is 0 Å². The van der Waals surface area contributed by atoms with Crippen molar-refractivity contribution in [3.8, 4) is 0 Å². The molecule has 2 nitrogen and oxygen atoms in total. The lowest BCUT2D eigenvalue weighted by molar-refractivity contribution is 0.0587. The standard InChI is InChI=1S/C12H19NO/c1-9-4-5-12(10(2)6-9)8-14-11(3)7-13/h4-6,11H,7-8,13H2,1-3H3. The van der Waals surface area contributed by atoms with Crippen molar-refractivity contribution in [2.45, 2.75) is 33.5 Å². The second-order valence-electron chi connectivity index (χ2n) is 3.79. The van der Waals surface area contributed by atoms with Crippen LogP contribution in [0.4, 0.5) is 0 Å². The minimum Gasteiger partial charge on any atom is -0.373 e. The molecular formula is C12H19NO. The van der Waals surface area contributed by atoms with Crippen molar-refractivity contribution in [2.24, 2.45) is 5.73 Å². The van der Waals surface area contributed by atoms with Crippen LogP contribution in [-0.4, -0.2) is 12.6 Å². The van der Waals surface area contributed by atoms with E-state index in [4.69, 9.17) is 10.5 Å². The molecule has 1 rings (SSSR count). The summed E-state index contributed by atoms with van der Waals surface area (Å²) in [6.45, 7) is 7.43. The molecule has 0 aliphatic heterocycles. The van der Waals surface area contributed by atoms with Crippen molar-refractivity contribution < 1.29 is 4.74 Å². The number of benzene rings is 1. The molecule has 1 aromatic rings. The van der Waals surface area contributed by atoms with Crippen molar-refractivity contribution in [2.75, 3.05) is 6.54 Å². The Morgan fingerprint density at radius 1 is 1.36 bits per heavy atom. The first-order valence-corrected chi connectivity index (χ1v) is 5.01. The Kier molecular flexibility index (Phi) is 4.11. The highest BCUT2D eigenvalue weighted by molar-refractivity contribution is 5.29. The Morgan fingerprint density at radius 2 is 2.07 bits per heavy atom. The van der Waals surface area contributed by atoms with Gasteiger partial charge in [-0.05, 0) is 31.9 Å². The van der Waals surface area contributed by atoms with Gasteiger partial charge >= 0.3 is 0 Å². The molecule has 0 heterocycles. The lowest BCUT2D eigenvalue weighted by Crippen LogP contribution is -2.19. The van der Waals surface area contributed by atoms with Gasteiger partial charge < -0.3 is 10.5 Å². The van der Waals surface area contributed by atoms with E-state index in [0.29, 0.717) is 13.2 Å². The first-order chi connectivity index (χ1) is 6.63. The number of hydrogen-bond acceptors (Lipinski definition) is 2. The molecule has 2 heteroatoms. The maximum atomic E-state index is 5.57. The Morgan fingerprint density at radius 3 is 2.64 bits per heavy atom. The van der Waals surface area contributed by atoms with Crippen molar-refractivity contribution in [1.82, 2.24) is 0 Å². The normalized spacial score (nSPS) is 12.9. The minimum atomic E-state index is 0.135. The quantitative estimate of drug-likeness (QED) is 0.795. The Balaban J connectivity index is 2.59. The highest BCUT2D eigenvalue weighted by Crippen LogP contribution is 2.12.